The number of hydrogen-bond acceptors (Lipinski definition) is 2. The summed E-state index contributed by atoms with van der Waals surface area (Å²) in [5, 5.41) is 9.67. The van der Waals surface area contributed by atoms with Gasteiger partial charge in [0.25, 0.3) is 0 Å². The molecule has 1 aliphatic heterocycles. The van der Waals surface area contributed by atoms with Crippen LogP contribution in [-0.4, -0.2) is 42.6 Å². The van der Waals surface area contributed by atoms with Crippen LogP contribution >= 0.6 is 0 Å². The highest BCUT2D eigenvalue weighted by atomic mass is 28.4. The molecule has 118 valence electrons. The molecule has 0 radical (unpaired) electrons. The Morgan fingerprint density at radius 3 is 2.40 bits per heavy atom. The molecular weight excluding hydrogens is 270 g/mol. The third kappa shape index (κ3) is 3.76. The Morgan fingerprint density at radius 1 is 1.40 bits per heavy atom. The Labute approximate surface area is 124 Å². The molecule has 1 saturated heterocycles. The highest BCUT2D eigenvalue weighted by Gasteiger charge is 2.42. The fourth-order valence-corrected chi connectivity index (χ4v) is 3.65. The van der Waals surface area contributed by atoms with Crippen LogP contribution in [0.25, 0.3) is 0 Å². The van der Waals surface area contributed by atoms with E-state index in [1.807, 2.05) is 13.8 Å². The molecule has 0 aromatic carbocycles. The molecule has 0 bridgehead atoms. The van der Waals surface area contributed by atoms with Crippen LogP contribution in [0.15, 0.2) is 0 Å². The first-order valence-electron chi connectivity index (χ1n) is 7.55. The molecule has 1 N–H and O–H groups in total. The van der Waals surface area contributed by atoms with Crippen LogP contribution in [0.3, 0.4) is 0 Å². The van der Waals surface area contributed by atoms with Crippen molar-refractivity contribution in [1.82, 2.24) is 4.90 Å². The number of rotatable bonds is 3. The van der Waals surface area contributed by atoms with Gasteiger partial charge in [0.2, 0.25) is 0 Å². The lowest BCUT2D eigenvalue weighted by molar-refractivity contribution is 0.0105. The van der Waals surface area contributed by atoms with E-state index in [2.05, 4.69) is 33.9 Å². The summed E-state index contributed by atoms with van der Waals surface area (Å²) in [4.78, 5) is 13.2. The van der Waals surface area contributed by atoms with Gasteiger partial charge in [-0.25, -0.2) is 4.79 Å². The second kappa shape index (κ2) is 5.68. The quantitative estimate of drug-likeness (QED) is 0.790. The molecule has 20 heavy (non-hydrogen) atoms. The number of piperidine rings is 1. The van der Waals surface area contributed by atoms with Crippen molar-refractivity contribution in [3.8, 4) is 0 Å². The molecule has 0 aromatic rings. The summed E-state index contributed by atoms with van der Waals surface area (Å²) in [6, 6.07) is -0.00891. The van der Waals surface area contributed by atoms with Gasteiger partial charge in [-0.05, 0) is 51.2 Å². The summed E-state index contributed by atoms with van der Waals surface area (Å²) in [7, 11) is -1.82. The standard InChI is InChI=1S/C15H31NO3Si/c1-14(2,3)20(6,7)19-11-12-9-8-10-15(4,5)16(12)13(17)18/h12H,8-11H2,1-7H3,(H,17,18)/t12-/m0/s1. The SMILES string of the molecule is CC1(C)CCC[C@@H](CO[Si](C)(C)C(C)(C)C)N1C(=O)O. The second-order valence-electron chi connectivity index (χ2n) is 8.08. The first-order valence-corrected chi connectivity index (χ1v) is 10.5. The average Bonchev–Trinajstić information content (AvgIpc) is 2.22. The zero-order valence-electron chi connectivity index (χ0n) is 14.1. The van der Waals surface area contributed by atoms with Gasteiger partial charge in [-0.15, -0.1) is 0 Å². The van der Waals surface area contributed by atoms with Gasteiger partial charge in [0.05, 0.1) is 12.6 Å². The lowest BCUT2D eigenvalue weighted by Gasteiger charge is -2.47. The number of amides is 1. The third-order valence-corrected chi connectivity index (χ3v) is 9.49. The Kier molecular flexibility index (Phi) is 4.97. The third-order valence-electron chi connectivity index (χ3n) is 4.99. The zero-order chi connectivity index (χ0) is 15.8. The van der Waals surface area contributed by atoms with Gasteiger partial charge in [0, 0.05) is 5.54 Å². The molecule has 1 aliphatic rings. The molecule has 0 aliphatic carbocycles. The predicted molar refractivity (Wildman–Crippen MR) is 84.7 cm³/mol. The fourth-order valence-electron chi connectivity index (χ4n) is 2.61. The van der Waals surface area contributed by atoms with Gasteiger partial charge in [0.15, 0.2) is 8.32 Å². The molecule has 0 spiro atoms. The minimum atomic E-state index is -1.82. The molecule has 0 aromatic heterocycles. The molecular formula is C15H31NO3Si. The molecule has 1 fully saturated rings. The van der Waals surface area contributed by atoms with Crippen molar-refractivity contribution in [1.29, 1.82) is 0 Å². The second-order valence-corrected chi connectivity index (χ2v) is 12.9. The van der Waals surface area contributed by atoms with Crippen LogP contribution in [0.5, 0.6) is 0 Å². The molecule has 1 amide bonds. The van der Waals surface area contributed by atoms with E-state index in [9.17, 15) is 9.90 Å². The van der Waals surface area contributed by atoms with Crippen LogP contribution in [0.1, 0.15) is 53.9 Å². The summed E-state index contributed by atoms with van der Waals surface area (Å²) >= 11 is 0. The van der Waals surface area contributed by atoms with Crippen LogP contribution in [0.2, 0.25) is 18.1 Å². The maximum atomic E-state index is 11.6. The van der Waals surface area contributed by atoms with E-state index in [4.69, 9.17) is 4.43 Å². The molecule has 1 atom stereocenters. The highest BCUT2D eigenvalue weighted by molar-refractivity contribution is 6.74. The van der Waals surface area contributed by atoms with E-state index in [0.717, 1.165) is 19.3 Å². The van der Waals surface area contributed by atoms with Crippen LogP contribution in [0.4, 0.5) is 4.79 Å². The molecule has 1 rings (SSSR count). The molecule has 0 unspecified atom stereocenters. The first-order chi connectivity index (χ1) is 8.88. The van der Waals surface area contributed by atoms with E-state index >= 15 is 0 Å². The minimum Gasteiger partial charge on any atom is -0.465 e. The molecule has 0 saturated carbocycles. The van der Waals surface area contributed by atoms with E-state index in [-0.39, 0.29) is 16.6 Å². The van der Waals surface area contributed by atoms with E-state index in [1.54, 1.807) is 4.90 Å². The smallest absolute Gasteiger partial charge is 0.408 e. The summed E-state index contributed by atoms with van der Waals surface area (Å²) in [5.74, 6) is 0. The maximum Gasteiger partial charge on any atom is 0.408 e. The molecule has 5 heteroatoms. The maximum absolute atomic E-state index is 11.6. The summed E-state index contributed by atoms with van der Waals surface area (Å²) < 4.78 is 6.24. The fraction of sp³-hybridized carbons (Fsp3) is 0.933. The lowest BCUT2D eigenvalue weighted by atomic mass is 9.87. The van der Waals surface area contributed by atoms with Gasteiger partial charge >= 0.3 is 6.09 Å². The monoisotopic (exact) mass is 301 g/mol. The largest absolute Gasteiger partial charge is 0.465 e. The zero-order valence-corrected chi connectivity index (χ0v) is 15.1. The minimum absolute atomic E-state index is 0.00891. The van der Waals surface area contributed by atoms with Crippen LogP contribution in [-0.2, 0) is 4.43 Å². The normalized spacial score (nSPS) is 23.8. The molecule has 1 heterocycles. The van der Waals surface area contributed by atoms with Gasteiger partial charge in [-0.3, -0.25) is 4.90 Å². The van der Waals surface area contributed by atoms with Crippen molar-refractivity contribution in [2.75, 3.05) is 6.61 Å². The van der Waals surface area contributed by atoms with Crippen molar-refractivity contribution in [3.63, 3.8) is 0 Å². The summed E-state index contributed by atoms with van der Waals surface area (Å²) in [6.45, 7) is 15.6. The van der Waals surface area contributed by atoms with Crippen molar-refractivity contribution in [2.24, 2.45) is 0 Å². The van der Waals surface area contributed by atoms with Crippen molar-refractivity contribution >= 4 is 14.4 Å². The number of carbonyl (C=O) groups is 1. The van der Waals surface area contributed by atoms with Gasteiger partial charge in [-0.1, -0.05) is 20.8 Å². The van der Waals surface area contributed by atoms with Crippen molar-refractivity contribution in [2.45, 2.75) is 83.6 Å². The predicted octanol–water partition coefficient (Wildman–Crippen LogP) is 4.32. The molecule has 4 nitrogen and oxygen atoms in total. The van der Waals surface area contributed by atoms with E-state index in [1.165, 1.54) is 0 Å². The first kappa shape index (κ1) is 17.5. The average molecular weight is 302 g/mol. The summed E-state index contributed by atoms with van der Waals surface area (Å²) in [6.07, 6.45) is 2.08. The topological polar surface area (TPSA) is 49.8 Å². The lowest BCUT2D eigenvalue weighted by Crippen LogP contribution is -2.58. The highest BCUT2D eigenvalue weighted by Crippen LogP contribution is 2.38. The van der Waals surface area contributed by atoms with Gasteiger partial charge in [-0.2, -0.15) is 0 Å². The number of hydrogen-bond donors (Lipinski definition) is 1. The van der Waals surface area contributed by atoms with Crippen LogP contribution in [0, 0.1) is 0 Å². The van der Waals surface area contributed by atoms with Crippen molar-refractivity contribution in [3.05, 3.63) is 0 Å². The Morgan fingerprint density at radius 2 is 1.95 bits per heavy atom. The van der Waals surface area contributed by atoms with E-state index < -0.39 is 14.4 Å². The Bertz CT molecular complexity index is 361. The van der Waals surface area contributed by atoms with Gasteiger partial charge < -0.3 is 9.53 Å². The van der Waals surface area contributed by atoms with Gasteiger partial charge in [0.1, 0.15) is 0 Å². The number of nitrogens with zero attached hydrogens (tertiary/aromatic N) is 1. The van der Waals surface area contributed by atoms with Crippen LogP contribution < -0.4 is 0 Å². The van der Waals surface area contributed by atoms with Crippen molar-refractivity contribution < 1.29 is 14.3 Å². The Hall–Kier alpha value is -0.553. The van der Waals surface area contributed by atoms with E-state index in [0.29, 0.717) is 6.61 Å². The number of carboxylic acid groups (broad SMARTS) is 1. The Balaban J connectivity index is 2.78. The summed E-state index contributed by atoms with van der Waals surface area (Å²) in [5.41, 5.74) is -0.286. The number of likely N-dealkylation sites (tertiary alicyclic amines) is 1.